The average molecular weight is 682 g/mol. The number of hydrogen-bond donors (Lipinski definition) is 0. The van der Waals surface area contributed by atoms with E-state index in [9.17, 15) is 14.4 Å². The van der Waals surface area contributed by atoms with Gasteiger partial charge in [0, 0.05) is 58.7 Å². The quantitative estimate of drug-likeness (QED) is 0.315. The van der Waals surface area contributed by atoms with E-state index < -0.39 is 11.9 Å². The van der Waals surface area contributed by atoms with E-state index in [2.05, 4.69) is 48.7 Å². The van der Waals surface area contributed by atoms with Crippen molar-refractivity contribution in [3.05, 3.63) is 60.7 Å². The zero-order chi connectivity index (χ0) is 27.7. The first kappa shape index (κ1) is 28.6. The highest BCUT2D eigenvalue weighted by atomic mass is 79.9. The zero-order valence-corrected chi connectivity index (χ0v) is 25.9. The van der Waals surface area contributed by atoms with Crippen LogP contribution in [0.2, 0.25) is 5.02 Å². The molecule has 5 rings (SSSR count). The van der Waals surface area contributed by atoms with Gasteiger partial charge in [0.2, 0.25) is 5.91 Å². The highest BCUT2D eigenvalue weighted by Gasteiger charge is 2.37. The number of nitrogens with zero attached hydrogens (tertiary/aromatic N) is 3. The number of amides is 2. The molecule has 1 atom stereocenters. The van der Waals surface area contributed by atoms with Crippen molar-refractivity contribution in [3.8, 4) is 0 Å². The minimum Gasteiger partial charge on any atom is -0.462 e. The maximum atomic E-state index is 13.2. The van der Waals surface area contributed by atoms with E-state index >= 15 is 0 Å². The molecule has 1 aromatic carbocycles. The number of likely N-dealkylation sites (tertiary alicyclic amines) is 2. The van der Waals surface area contributed by atoms with Gasteiger partial charge in [-0.15, -0.1) is 0 Å². The number of fused-ring (bicyclic) bond motifs is 2. The Labute approximate surface area is 250 Å². The van der Waals surface area contributed by atoms with Crippen LogP contribution < -0.4 is 0 Å². The predicted octanol–water partition coefficient (Wildman–Crippen LogP) is 5.53. The minimum atomic E-state index is -0.829. The lowest BCUT2D eigenvalue weighted by molar-refractivity contribution is -0.159. The smallest absolute Gasteiger partial charge is 0.396 e. The fraction of sp³-hybridized carbons (Fsp3) is 0.517. The van der Waals surface area contributed by atoms with E-state index in [4.69, 9.17) is 16.6 Å². The number of aryl methyl sites for hydroxylation is 2. The molecule has 3 aliphatic rings. The summed E-state index contributed by atoms with van der Waals surface area (Å²) in [6, 6.07) is 6.28. The number of methoxy groups -OCH3 is 1. The predicted molar refractivity (Wildman–Crippen MR) is 156 cm³/mol. The molecule has 0 spiro atoms. The third kappa shape index (κ3) is 6.20. The Morgan fingerprint density at radius 1 is 0.974 bits per heavy atom. The number of rotatable bonds is 3. The van der Waals surface area contributed by atoms with Crippen LogP contribution in [0, 0.1) is 11.8 Å². The largest absolute Gasteiger partial charge is 0.462 e. The number of aromatic nitrogens is 1. The number of piperidine rings is 2. The number of carbonyl (C=O) groups excluding carboxylic acids is 3. The molecule has 0 radical (unpaired) electrons. The fourth-order valence-electron chi connectivity index (χ4n) is 6.45. The Bertz CT molecular complexity index is 1270. The summed E-state index contributed by atoms with van der Waals surface area (Å²) in [6.07, 6.45) is 7.47. The second kappa shape index (κ2) is 12.3. The first-order valence-electron chi connectivity index (χ1n) is 13.5. The van der Waals surface area contributed by atoms with Crippen LogP contribution in [-0.4, -0.2) is 65.9 Å². The lowest BCUT2D eigenvalue weighted by Crippen LogP contribution is -2.44. The number of halogens is 3. The lowest BCUT2D eigenvalue weighted by atomic mass is 9.76. The van der Waals surface area contributed by atoms with Crippen molar-refractivity contribution < 1.29 is 19.1 Å². The molecule has 2 aromatic rings. The van der Waals surface area contributed by atoms with E-state index in [0.717, 1.165) is 71.3 Å². The minimum absolute atomic E-state index is 0.145. The molecule has 7 nitrogen and oxygen atoms in total. The molecule has 208 valence electrons. The third-order valence-electron chi connectivity index (χ3n) is 8.51. The van der Waals surface area contributed by atoms with Gasteiger partial charge >= 0.3 is 11.9 Å². The zero-order valence-electron chi connectivity index (χ0n) is 21.9. The van der Waals surface area contributed by atoms with Gasteiger partial charge in [-0.1, -0.05) is 27.5 Å². The molecule has 2 aliphatic heterocycles. The van der Waals surface area contributed by atoms with Gasteiger partial charge in [0.15, 0.2) is 0 Å². The highest BCUT2D eigenvalue weighted by molar-refractivity contribution is 9.10. The molecule has 0 saturated carbocycles. The van der Waals surface area contributed by atoms with Crippen molar-refractivity contribution in [2.75, 3.05) is 33.3 Å². The van der Waals surface area contributed by atoms with E-state index in [1.54, 1.807) is 0 Å². The summed E-state index contributed by atoms with van der Waals surface area (Å²) in [6.45, 7) is 2.42. The maximum absolute atomic E-state index is 13.2. The average Bonchev–Trinajstić information content (AvgIpc) is 3.09. The Hall–Kier alpha value is -1.97. The summed E-state index contributed by atoms with van der Waals surface area (Å²) < 4.78 is 6.57. The normalized spacial score (nSPS) is 20.2. The monoisotopic (exact) mass is 679 g/mol. The molecule has 10 heteroatoms. The van der Waals surface area contributed by atoms with Gasteiger partial charge in [-0.2, -0.15) is 0 Å². The molecule has 1 aromatic heterocycles. The summed E-state index contributed by atoms with van der Waals surface area (Å²) in [5, 5.41) is 0.736. The van der Waals surface area contributed by atoms with Crippen LogP contribution in [0.3, 0.4) is 0 Å². The second-order valence-electron chi connectivity index (χ2n) is 10.8. The van der Waals surface area contributed by atoms with Gasteiger partial charge in [-0.25, -0.2) is 4.79 Å². The first-order chi connectivity index (χ1) is 18.7. The van der Waals surface area contributed by atoms with Crippen LogP contribution in [0.4, 0.5) is 0 Å². The van der Waals surface area contributed by atoms with Crippen molar-refractivity contribution in [1.29, 1.82) is 0 Å². The number of pyridine rings is 1. The standard InChI is InChI=1S/C29H32Br2ClN3O4/c1-39-29(38)28(37)35-8-4-17(5-9-35)12-24(36)34-10-6-18(7-11-34)26-25-19(14-22(32)15-23(25)31)2-3-20-13-21(30)16-33-27(20)26/h13-18,26H,2-12H2,1H3/t26-/m1/s1. The molecule has 1 aliphatic carbocycles. The highest BCUT2D eigenvalue weighted by Crippen LogP contribution is 2.46. The van der Waals surface area contributed by atoms with Crippen LogP contribution in [0.5, 0.6) is 0 Å². The van der Waals surface area contributed by atoms with Crippen molar-refractivity contribution in [1.82, 2.24) is 14.8 Å². The number of benzene rings is 1. The number of ether oxygens (including phenoxy) is 1. The number of hydrogen-bond acceptors (Lipinski definition) is 5. The molecular weight excluding hydrogens is 650 g/mol. The van der Waals surface area contributed by atoms with E-state index in [-0.39, 0.29) is 17.7 Å². The molecule has 39 heavy (non-hydrogen) atoms. The summed E-state index contributed by atoms with van der Waals surface area (Å²) in [7, 11) is 1.21. The summed E-state index contributed by atoms with van der Waals surface area (Å²) in [4.78, 5) is 45.3. The molecular formula is C29H32Br2ClN3O4. The van der Waals surface area contributed by atoms with Crippen molar-refractivity contribution in [2.45, 2.75) is 50.9 Å². The number of esters is 1. The van der Waals surface area contributed by atoms with Gasteiger partial charge in [-0.05, 0) is 101 Å². The van der Waals surface area contributed by atoms with E-state index in [1.165, 1.54) is 28.7 Å². The van der Waals surface area contributed by atoms with Crippen LogP contribution in [0.25, 0.3) is 0 Å². The Morgan fingerprint density at radius 3 is 2.33 bits per heavy atom. The molecule has 2 fully saturated rings. The fourth-order valence-corrected chi connectivity index (χ4v) is 7.94. The molecule has 2 amide bonds. The Balaban J connectivity index is 1.25. The van der Waals surface area contributed by atoms with Crippen molar-refractivity contribution in [2.24, 2.45) is 11.8 Å². The topological polar surface area (TPSA) is 79.8 Å². The van der Waals surface area contributed by atoms with Crippen LogP contribution >= 0.6 is 43.5 Å². The summed E-state index contributed by atoms with van der Waals surface area (Å²) in [5.41, 5.74) is 4.96. The molecule has 3 heterocycles. The Kier molecular flexibility index (Phi) is 8.98. The van der Waals surface area contributed by atoms with E-state index in [1.807, 2.05) is 17.2 Å². The molecule has 0 bridgehead atoms. The van der Waals surface area contributed by atoms with Gasteiger partial charge in [0.1, 0.15) is 0 Å². The third-order valence-corrected chi connectivity index (χ3v) is 9.81. The number of carbonyl (C=O) groups is 3. The molecule has 0 N–H and O–H groups in total. The lowest BCUT2D eigenvalue weighted by Gasteiger charge is -2.38. The van der Waals surface area contributed by atoms with Crippen LogP contribution in [0.15, 0.2) is 33.3 Å². The Morgan fingerprint density at radius 2 is 1.64 bits per heavy atom. The second-order valence-corrected chi connectivity index (χ2v) is 13.0. The first-order valence-corrected chi connectivity index (χ1v) is 15.5. The molecule has 2 saturated heterocycles. The van der Waals surface area contributed by atoms with Crippen LogP contribution in [0.1, 0.15) is 60.4 Å². The van der Waals surface area contributed by atoms with Gasteiger partial charge in [0.25, 0.3) is 0 Å². The van der Waals surface area contributed by atoms with Crippen LogP contribution in [-0.2, 0) is 32.0 Å². The van der Waals surface area contributed by atoms with Crippen molar-refractivity contribution >= 4 is 61.2 Å². The van der Waals surface area contributed by atoms with Gasteiger partial charge in [0.05, 0.1) is 12.8 Å². The summed E-state index contributed by atoms with van der Waals surface area (Å²) >= 11 is 13.9. The van der Waals surface area contributed by atoms with Gasteiger partial charge in [-0.3, -0.25) is 14.6 Å². The molecule has 0 unspecified atom stereocenters. The maximum Gasteiger partial charge on any atom is 0.396 e. The summed E-state index contributed by atoms with van der Waals surface area (Å²) in [5.74, 6) is -0.510. The van der Waals surface area contributed by atoms with Crippen molar-refractivity contribution in [3.63, 3.8) is 0 Å². The SMILES string of the molecule is COC(=O)C(=O)N1CCC(CC(=O)N2CCC([C@H]3c4ncc(Br)cc4CCc4cc(Cl)cc(Br)c43)CC2)CC1. The van der Waals surface area contributed by atoms with E-state index in [0.29, 0.717) is 25.4 Å². The van der Waals surface area contributed by atoms with Gasteiger partial charge < -0.3 is 14.5 Å².